The molecule has 1 amide bonds. The molecular formula is C14H22N8O. The van der Waals surface area contributed by atoms with Crippen LogP contribution in [0.1, 0.15) is 19.7 Å². The molecule has 3 heterocycles. The highest BCUT2D eigenvalue weighted by Crippen LogP contribution is 2.09. The van der Waals surface area contributed by atoms with Crippen molar-refractivity contribution in [2.45, 2.75) is 26.4 Å². The predicted molar refractivity (Wildman–Crippen MR) is 84.4 cm³/mol. The largest absolute Gasteiger partial charge is 0.342 e. The first-order valence-corrected chi connectivity index (χ1v) is 7.82. The van der Waals surface area contributed by atoms with E-state index in [4.69, 9.17) is 0 Å². The second-order valence-corrected chi connectivity index (χ2v) is 5.87. The average molecular weight is 318 g/mol. The summed E-state index contributed by atoms with van der Waals surface area (Å²) < 4.78 is 3.12. The van der Waals surface area contributed by atoms with Gasteiger partial charge in [0.15, 0.2) is 11.6 Å². The van der Waals surface area contributed by atoms with Crippen molar-refractivity contribution in [3.63, 3.8) is 0 Å². The van der Waals surface area contributed by atoms with Crippen molar-refractivity contribution in [2.75, 3.05) is 26.2 Å². The van der Waals surface area contributed by atoms with E-state index in [1.165, 1.54) is 4.68 Å². The lowest BCUT2D eigenvalue weighted by atomic mass is 10.3. The van der Waals surface area contributed by atoms with Crippen molar-refractivity contribution in [1.29, 1.82) is 0 Å². The zero-order valence-corrected chi connectivity index (χ0v) is 13.4. The van der Waals surface area contributed by atoms with Crippen LogP contribution < -0.4 is 10.6 Å². The third-order valence-electron chi connectivity index (χ3n) is 3.64. The van der Waals surface area contributed by atoms with Gasteiger partial charge in [0.05, 0.1) is 6.54 Å². The number of hydrogen-bond acceptors (Lipinski definition) is 6. The molecule has 1 saturated heterocycles. The minimum absolute atomic E-state index is 0.0633. The highest BCUT2D eigenvalue weighted by atomic mass is 16.2. The molecule has 1 aliphatic heterocycles. The molecule has 0 radical (unpaired) electrons. The van der Waals surface area contributed by atoms with E-state index < -0.39 is 0 Å². The van der Waals surface area contributed by atoms with Crippen LogP contribution in [0.15, 0.2) is 18.6 Å². The molecule has 1 aliphatic rings. The van der Waals surface area contributed by atoms with Crippen LogP contribution in [0.2, 0.25) is 0 Å². The number of carbonyl (C=O) groups is 1. The molecule has 23 heavy (non-hydrogen) atoms. The van der Waals surface area contributed by atoms with Gasteiger partial charge in [0.2, 0.25) is 0 Å². The minimum Gasteiger partial charge on any atom is -0.334 e. The van der Waals surface area contributed by atoms with E-state index >= 15 is 0 Å². The summed E-state index contributed by atoms with van der Waals surface area (Å²) >= 11 is 0. The van der Waals surface area contributed by atoms with Crippen LogP contribution in [0.3, 0.4) is 0 Å². The number of carbonyl (C=O) groups excluding carboxylic acids is 1. The number of nitrogens with one attached hydrogen (secondary N) is 2. The maximum absolute atomic E-state index is 12.0. The SMILES string of the molecule is CC(C)NC(=O)n1ccc(-n2cnnc2CN2CCNCC2)n1. The third-order valence-corrected chi connectivity index (χ3v) is 3.64. The van der Waals surface area contributed by atoms with E-state index in [0.29, 0.717) is 12.4 Å². The summed E-state index contributed by atoms with van der Waals surface area (Å²) in [6.07, 6.45) is 3.27. The summed E-state index contributed by atoms with van der Waals surface area (Å²) in [6.45, 7) is 8.47. The fraction of sp³-hybridized carbons (Fsp3) is 0.571. The molecule has 0 spiro atoms. The fourth-order valence-corrected chi connectivity index (χ4v) is 2.50. The molecular weight excluding hydrogens is 296 g/mol. The van der Waals surface area contributed by atoms with Crippen LogP contribution >= 0.6 is 0 Å². The first-order chi connectivity index (χ1) is 11.1. The van der Waals surface area contributed by atoms with Gasteiger partial charge in [0, 0.05) is 44.5 Å². The Bertz CT molecular complexity index is 655. The Kier molecular flexibility index (Phi) is 4.68. The average Bonchev–Trinajstić information content (AvgIpc) is 3.16. The molecule has 9 heteroatoms. The third kappa shape index (κ3) is 3.74. The molecule has 3 rings (SSSR count). The van der Waals surface area contributed by atoms with Crippen molar-refractivity contribution in [3.05, 3.63) is 24.4 Å². The van der Waals surface area contributed by atoms with E-state index in [1.54, 1.807) is 18.6 Å². The number of nitrogens with zero attached hydrogens (tertiary/aromatic N) is 6. The molecule has 2 N–H and O–H groups in total. The monoisotopic (exact) mass is 318 g/mol. The molecule has 2 aromatic rings. The smallest absolute Gasteiger partial charge is 0.334 e. The summed E-state index contributed by atoms with van der Waals surface area (Å²) in [5.41, 5.74) is 0. The summed E-state index contributed by atoms with van der Waals surface area (Å²) in [5, 5.41) is 18.6. The topological polar surface area (TPSA) is 92.9 Å². The lowest BCUT2D eigenvalue weighted by Gasteiger charge is -2.26. The molecule has 1 fully saturated rings. The Hall–Kier alpha value is -2.26. The maximum atomic E-state index is 12.0. The van der Waals surface area contributed by atoms with Crippen molar-refractivity contribution < 1.29 is 4.79 Å². The number of aromatic nitrogens is 5. The van der Waals surface area contributed by atoms with Crippen molar-refractivity contribution in [1.82, 2.24) is 40.1 Å². The molecule has 0 saturated carbocycles. The van der Waals surface area contributed by atoms with E-state index in [9.17, 15) is 4.79 Å². The van der Waals surface area contributed by atoms with Crippen LogP contribution in [-0.4, -0.2) is 67.7 Å². The van der Waals surface area contributed by atoms with E-state index in [2.05, 4.69) is 30.8 Å². The molecule has 9 nitrogen and oxygen atoms in total. The highest BCUT2D eigenvalue weighted by molar-refractivity contribution is 5.76. The number of hydrogen-bond donors (Lipinski definition) is 2. The van der Waals surface area contributed by atoms with Gasteiger partial charge in [0.1, 0.15) is 6.33 Å². The Morgan fingerprint density at radius 3 is 2.91 bits per heavy atom. The van der Waals surface area contributed by atoms with Crippen LogP contribution in [0.4, 0.5) is 4.79 Å². The van der Waals surface area contributed by atoms with Gasteiger partial charge >= 0.3 is 6.03 Å². The normalized spacial score (nSPS) is 16.0. The quantitative estimate of drug-likeness (QED) is 0.813. The van der Waals surface area contributed by atoms with Crippen LogP contribution in [0.5, 0.6) is 0 Å². The Morgan fingerprint density at radius 2 is 2.17 bits per heavy atom. The predicted octanol–water partition coefficient (Wildman–Crippen LogP) is -0.165. The van der Waals surface area contributed by atoms with Gasteiger partial charge in [-0.3, -0.25) is 9.47 Å². The van der Waals surface area contributed by atoms with E-state index in [1.807, 2.05) is 18.4 Å². The van der Waals surface area contributed by atoms with E-state index in [0.717, 1.165) is 32.0 Å². The van der Waals surface area contributed by atoms with Gasteiger partial charge in [0.25, 0.3) is 0 Å². The van der Waals surface area contributed by atoms with Crippen LogP contribution in [-0.2, 0) is 6.54 Å². The number of rotatable bonds is 4. The van der Waals surface area contributed by atoms with Crippen molar-refractivity contribution >= 4 is 6.03 Å². The van der Waals surface area contributed by atoms with Crippen LogP contribution in [0, 0.1) is 0 Å². The van der Waals surface area contributed by atoms with Gasteiger partial charge in [-0.15, -0.1) is 15.3 Å². The molecule has 2 aromatic heterocycles. The first kappa shape index (κ1) is 15.6. The minimum atomic E-state index is -0.247. The summed E-state index contributed by atoms with van der Waals surface area (Å²) in [7, 11) is 0. The molecule has 0 unspecified atom stereocenters. The summed E-state index contributed by atoms with van der Waals surface area (Å²) in [4.78, 5) is 14.3. The van der Waals surface area contributed by atoms with Crippen LogP contribution in [0.25, 0.3) is 5.82 Å². The molecule has 124 valence electrons. The summed E-state index contributed by atoms with van der Waals surface area (Å²) in [5.74, 6) is 1.46. The van der Waals surface area contributed by atoms with Crippen molar-refractivity contribution in [2.24, 2.45) is 0 Å². The maximum Gasteiger partial charge on any atom is 0.342 e. The molecule has 0 bridgehead atoms. The molecule has 0 atom stereocenters. The van der Waals surface area contributed by atoms with Gasteiger partial charge < -0.3 is 10.6 Å². The second kappa shape index (κ2) is 6.88. The zero-order chi connectivity index (χ0) is 16.2. The van der Waals surface area contributed by atoms with E-state index in [-0.39, 0.29) is 12.1 Å². The Labute approximate surface area is 134 Å². The fourth-order valence-electron chi connectivity index (χ4n) is 2.50. The zero-order valence-electron chi connectivity index (χ0n) is 13.4. The molecule has 0 aliphatic carbocycles. The van der Waals surface area contributed by atoms with Gasteiger partial charge in [-0.2, -0.15) is 4.68 Å². The number of amides is 1. The first-order valence-electron chi connectivity index (χ1n) is 7.82. The lowest BCUT2D eigenvalue weighted by molar-refractivity contribution is 0.226. The standard InChI is InChI=1S/C14H22N8O/c1-11(2)17-14(23)22-6-3-12(19-22)21-10-16-18-13(21)9-20-7-4-15-5-8-20/h3,6,10-11,15H,4-5,7-9H2,1-2H3,(H,17,23). The van der Waals surface area contributed by atoms with Gasteiger partial charge in [-0.25, -0.2) is 4.79 Å². The van der Waals surface area contributed by atoms with Gasteiger partial charge in [-0.1, -0.05) is 0 Å². The summed E-state index contributed by atoms with van der Waals surface area (Å²) in [6, 6.07) is 1.60. The number of piperazine rings is 1. The van der Waals surface area contributed by atoms with Gasteiger partial charge in [-0.05, 0) is 13.8 Å². The Balaban J connectivity index is 1.73. The second-order valence-electron chi connectivity index (χ2n) is 5.87. The molecule has 0 aromatic carbocycles. The van der Waals surface area contributed by atoms with Crippen molar-refractivity contribution in [3.8, 4) is 5.82 Å². The highest BCUT2D eigenvalue weighted by Gasteiger charge is 2.16. The Morgan fingerprint density at radius 1 is 1.39 bits per heavy atom. The lowest BCUT2D eigenvalue weighted by Crippen LogP contribution is -2.43.